The third kappa shape index (κ3) is 6.63. The normalized spacial score (nSPS) is 36.8. The standard InChI is InChI=1S/C28H43NO6S/c1-16-8-7-9-28(6)13-19(28)11-21(17(2)10-20-15-36-23(14-30)29-20)35-24(32)12-22(31)27(4,5)26(34)18(3)25(16)33/h10,15-16,18-19,21-22,25,30-31,33H,7-9,11-14H2,1-6H3/b17-10+/t16-,18+,19+,21-,22-,25-,28-/m0/s1. The molecule has 1 aliphatic heterocycles. The van der Waals surface area contributed by atoms with Gasteiger partial charge in [0.25, 0.3) is 0 Å². The molecule has 36 heavy (non-hydrogen) atoms. The first-order valence-corrected chi connectivity index (χ1v) is 14.0. The molecule has 0 spiro atoms. The Bertz CT molecular complexity index is 971. The Morgan fingerprint density at radius 3 is 2.58 bits per heavy atom. The van der Waals surface area contributed by atoms with Gasteiger partial charge in [-0.25, -0.2) is 4.98 Å². The van der Waals surface area contributed by atoms with Crippen molar-refractivity contribution in [3.8, 4) is 0 Å². The van der Waals surface area contributed by atoms with Crippen LogP contribution in [-0.4, -0.2) is 50.4 Å². The zero-order valence-electron chi connectivity index (χ0n) is 22.5. The molecular formula is C28H43NO6S. The first-order chi connectivity index (χ1) is 16.8. The third-order valence-electron chi connectivity index (χ3n) is 8.64. The molecule has 7 atom stereocenters. The van der Waals surface area contributed by atoms with Gasteiger partial charge in [-0.1, -0.05) is 41.0 Å². The zero-order chi connectivity index (χ0) is 26.8. The number of hydrogen-bond acceptors (Lipinski definition) is 8. The van der Waals surface area contributed by atoms with Crippen molar-refractivity contribution in [3.63, 3.8) is 0 Å². The van der Waals surface area contributed by atoms with Gasteiger partial charge in [0, 0.05) is 11.3 Å². The number of aromatic nitrogens is 1. The summed E-state index contributed by atoms with van der Waals surface area (Å²) in [6.07, 6.45) is 3.68. The van der Waals surface area contributed by atoms with Crippen LogP contribution in [-0.2, 0) is 20.9 Å². The number of aliphatic hydroxyl groups excluding tert-OH is 3. The van der Waals surface area contributed by atoms with Crippen LogP contribution in [0, 0.1) is 28.6 Å². The van der Waals surface area contributed by atoms with Crippen molar-refractivity contribution in [2.45, 2.75) is 105 Å². The highest BCUT2D eigenvalue weighted by Gasteiger charge is 2.50. The highest BCUT2D eigenvalue weighted by Crippen LogP contribution is 2.58. The highest BCUT2D eigenvalue weighted by atomic mass is 32.1. The van der Waals surface area contributed by atoms with E-state index >= 15 is 0 Å². The number of aliphatic hydroxyl groups is 3. The molecule has 1 aromatic rings. The average molecular weight is 522 g/mol. The topological polar surface area (TPSA) is 117 Å². The lowest BCUT2D eigenvalue weighted by Gasteiger charge is -2.34. The number of Topliss-reactive ketones (excluding diaryl/α,β-unsaturated/α-hetero) is 1. The minimum atomic E-state index is -1.22. The number of carbonyl (C=O) groups is 2. The van der Waals surface area contributed by atoms with E-state index in [1.165, 1.54) is 11.3 Å². The van der Waals surface area contributed by atoms with Crippen molar-refractivity contribution < 1.29 is 29.6 Å². The number of nitrogens with zero attached hydrogens (tertiary/aromatic N) is 1. The van der Waals surface area contributed by atoms with Gasteiger partial charge in [0.2, 0.25) is 0 Å². The van der Waals surface area contributed by atoms with Crippen molar-refractivity contribution in [3.05, 3.63) is 21.7 Å². The van der Waals surface area contributed by atoms with Gasteiger partial charge in [0.05, 0.1) is 36.3 Å². The van der Waals surface area contributed by atoms with Gasteiger partial charge < -0.3 is 20.1 Å². The largest absolute Gasteiger partial charge is 0.458 e. The molecule has 0 amide bonds. The first kappa shape index (κ1) is 29.0. The molecule has 0 aromatic carbocycles. The van der Waals surface area contributed by atoms with Gasteiger partial charge >= 0.3 is 5.97 Å². The van der Waals surface area contributed by atoms with Gasteiger partial charge in [-0.2, -0.15) is 0 Å². The molecule has 1 aromatic heterocycles. The highest BCUT2D eigenvalue weighted by molar-refractivity contribution is 7.09. The molecule has 0 unspecified atom stereocenters. The molecule has 0 radical (unpaired) electrons. The number of fused-ring (bicyclic) bond motifs is 1. The van der Waals surface area contributed by atoms with E-state index in [4.69, 9.17) is 4.74 Å². The quantitative estimate of drug-likeness (QED) is 0.500. The summed E-state index contributed by atoms with van der Waals surface area (Å²) >= 11 is 1.38. The summed E-state index contributed by atoms with van der Waals surface area (Å²) in [6.45, 7) is 11.0. The average Bonchev–Trinajstić information content (AvgIpc) is 3.23. The van der Waals surface area contributed by atoms with E-state index in [9.17, 15) is 24.9 Å². The van der Waals surface area contributed by atoms with Crippen molar-refractivity contribution in [2.75, 3.05) is 0 Å². The summed E-state index contributed by atoms with van der Waals surface area (Å²) < 4.78 is 5.92. The van der Waals surface area contributed by atoms with Crippen LogP contribution in [0.15, 0.2) is 11.0 Å². The smallest absolute Gasteiger partial charge is 0.309 e. The SMILES string of the molecule is C/C(=C\c1csc(CO)n1)[C@@H]1C[C@@H]2C[C@]2(C)CCC[C@H](C)[C@H](O)[C@@H](C)C(=O)C(C)(C)[C@@H](O)CC(=O)O1. The number of rotatable bonds is 3. The second-order valence-corrected chi connectivity index (χ2v) is 12.9. The van der Waals surface area contributed by atoms with E-state index in [0.717, 1.165) is 37.0 Å². The van der Waals surface area contributed by atoms with Crippen molar-refractivity contribution in [1.29, 1.82) is 0 Å². The summed E-state index contributed by atoms with van der Waals surface area (Å²) in [5, 5.41) is 33.6. The Morgan fingerprint density at radius 2 is 1.94 bits per heavy atom. The van der Waals surface area contributed by atoms with Crippen LogP contribution in [0.5, 0.6) is 0 Å². The summed E-state index contributed by atoms with van der Waals surface area (Å²) in [7, 11) is 0. The summed E-state index contributed by atoms with van der Waals surface area (Å²) in [5.74, 6) is -1.06. The van der Waals surface area contributed by atoms with Crippen molar-refractivity contribution in [1.82, 2.24) is 4.98 Å². The third-order valence-corrected chi connectivity index (χ3v) is 9.49. The van der Waals surface area contributed by atoms with Crippen molar-refractivity contribution in [2.24, 2.45) is 28.6 Å². The van der Waals surface area contributed by atoms with E-state index in [2.05, 4.69) is 11.9 Å². The van der Waals surface area contributed by atoms with Crippen LogP contribution in [0.1, 0.15) is 90.8 Å². The van der Waals surface area contributed by atoms with Crippen LogP contribution in [0.3, 0.4) is 0 Å². The van der Waals surface area contributed by atoms with E-state index in [1.807, 2.05) is 25.3 Å². The lowest BCUT2D eigenvalue weighted by atomic mass is 9.73. The van der Waals surface area contributed by atoms with Crippen molar-refractivity contribution >= 4 is 29.2 Å². The maximum Gasteiger partial charge on any atom is 0.309 e. The van der Waals surface area contributed by atoms with E-state index in [-0.39, 0.29) is 30.1 Å². The second-order valence-electron chi connectivity index (χ2n) is 11.9. The number of carbonyl (C=O) groups excluding carboxylic acids is 2. The maximum atomic E-state index is 13.2. The molecule has 2 fully saturated rings. The van der Waals surface area contributed by atoms with Gasteiger partial charge in [-0.05, 0) is 61.5 Å². The monoisotopic (exact) mass is 521 g/mol. The summed E-state index contributed by atoms with van der Waals surface area (Å²) in [4.78, 5) is 30.6. The fourth-order valence-electron chi connectivity index (χ4n) is 5.57. The summed E-state index contributed by atoms with van der Waals surface area (Å²) in [5.41, 5.74) is 0.549. The van der Waals surface area contributed by atoms with Crippen LogP contribution < -0.4 is 0 Å². The Morgan fingerprint density at radius 1 is 1.25 bits per heavy atom. The van der Waals surface area contributed by atoms with E-state index < -0.39 is 35.6 Å². The fourth-order valence-corrected chi connectivity index (χ4v) is 6.18. The fraction of sp³-hybridized carbons (Fsp3) is 0.750. The number of esters is 1. The zero-order valence-corrected chi connectivity index (χ0v) is 23.3. The first-order valence-electron chi connectivity index (χ1n) is 13.1. The Labute approximate surface area is 219 Å². The molecule has 2 heterocycles. The molecule has 1 aliphatic carbocycles. The predicted octanol–water partition coefficient (Wildman–Crippen LogP) is 4.53. The van der Waals surface area contributed by atoms with Gasteiger partial charge in [0.15, 0.2) is 0 Å². The van der Waals surface area contributed by atoms with Gasteiger partial charge in [0.1, 0.15) is 16.9 Å². The molecule has 0 bridgehead atoms. The number of ketones is 1. The Balaban J connectivity index is 1.85. The number of hydrogen-bond donors (Lipinski definition) is 3. The molecule has 8 heteroatoms. The number of thiazole rings is 1. The molecule has 1 saturated carbocycles. The molecule has 3 rings (SSSR count). The Hall–Kier alpha value is -1.61. The number of cyclic esters (lactones) is 1. The lowest BCUT2D eigenvalue weighted by Crippen LogP contribution is -2.45. The molecule has 2 aliphatic rings. The minimum absolute atomic E-state index is 0.0320. The van der Waals surface area contributed by atoms with Gasteiger partial charge in [-0.15, -0.1) is 11.3 Å². The summed E-state index contributed by atoms with van der Waals surface area (Å²) in [6, 6.07) is 0. The second kappa shape index (κ2) is 11.4. The predicted molar refractivity (Wildman–Crippen MR) is 140 cm³/mol. The molecular weight excluding hydrogens is 478 g/mol. The van der Waals surface area contributed by atoms with Crippen LogP contribution in [0.2, 0.25) is 0 Å². The molecule has 3 N–H and O–H groups in total. The van der Waals surface area contributed by atoms with Crippen LogP contribution >= 0.6 is 11.3 Å². The van der Waals surface area contributed by atoms with E-state index in [0.29, 0.717) is 17.3 Å². The molecule has 202 valence electrons. The molecule has 7 nitrogen and oxygen atoms in total. The maximum absolute atomic E-state index is 13.2. The Kier molecular flexibility index (Phi) is 9.18. The molecule has 1 saturated heterocycles. The van der Waals surface area contributed by atoms with E-state index in [1.54, 1.807) is 20.8 Å². The van der Waals surface area contributed by atoms with Crippen LogP contribution in [0.25, 0.3) is 6.08 Å². The minimum Gasteiger partial charge on any atom is -0.458 e. The van der Waals surface area contributed by atoms with Gasteiger partial charge in [-0.3, -0.25) is 9.59 Å². The number of ether oxygens (including phenoxy) is 1. The lowest BCUT2D eigenvalue weighted by molar-refractivity contribution is -0.154. The van der Waals surface area contributed by atoms with Crippen LogP contribution in [0.4, 0.5) is 0 Å².